The van der Waals surface area contributed by atoms with Crippen molar-refractivity contribution in [1.29, 1.82) is 0 Å². The van der Waals surface area contributed by atoms with Crippen LogP contribution in [0.25, 0.3) is 0 Å². The number of nitrogens with zero attached hydrogens (tertiary/aromatic N) is 1. The molecule has 0 spiro atoms. The van der Waals surface area contributed by atoms with Crippen LogP contribution in [0.4, 0.5) is 18.9 Å². The number of anilines is 1. The molecular formula is C12H8F3NO2. The lowest BCUT2D eigenvalue weighted by Crippen LogP contribution is -2.29. The summed E-state index contributed by atoms with van der Waals surface area (Å²) in [4.78, 5) is 24.2. The normalized spacial score (nSPS) is 14.9. The Morgan fingerprint density at radius 3 is 2.50 bits per heavy atom. The number of carbonyl (C=O) groups excluding carboxylic acids is 2. The van der Waals surface area contributed by atoms with Gasteiger partial charge in [-0.3, -0.25) is 9.59 Å². The van der Waals surface area contributed by atoms with E-state index in [0.29, 0.717) is 6.07 Å². The van der Waals surface area contributed by atoms with Gasteiger partial charge in [0.15, 0.2) is 0 Å². The molecule has 0 unspecified atom stereocenters. The van der Waals surface area contributed by atoms with Crippen molar-refractivity contribution in [3.05, 3.63) is 42.0 Å². The van der Waals surface area contributed by atoms with Gasteiger partial charge in [0.25, 0.3) is 11.7 Å². The van der Waals surface area contributed by atoms with Gasteiger partial charge >= 0.3 is 6.18 Å². The third-order valence-corrected chi connectivity index (χ3v) is 2.61. The van der Waals surface area contributed by atoms with E-state index in [9.17, 15) is 22.8 Å². The molecule has 6 heteroatoms. The first-order chi connectivity index (χ1) is 8.36. The summed E-state index contributed by atoms with van der Waals surface area (Å²) in [5.41, 5.74) is -0.961. The molecule has 1 aliphatic heterocycles. The number of alkyl halides is 3. The fraction of sp³-hybridized carbons (Fsp3) is 0.167. The predicted octanol–water partition coefficient (Wildman–Crippen LogP) is 2.42. The zero-order valence-corrected chi connectivity index (χ0v) is 9.12. The van der Waals surface area contributed by atoms with Gasteiger partial charge in [-0.15, -0.1) is 6.58 Å². The first-order valence-corrected chi connectivity index (χ1v) is 5.04. The minimum absolute atomic E-state index is 0.0862. The number of rotatable bonds is 2. The van der Waals surface area contributed by atoms with Gasteiger partial charge in [-0.2, -0.15) is 13.2 Å². The maximum Gasteiger partial charge on any atom is 0.416 e. The molecule has 2 rings (SSSR count). The highest BCUT2D eigenvalue weighted by molar-refractivity contribution is 6.52. The van der Waals surface area contributed by atoms with Gasteiger partial charge in [0, 0.05) is 6.54 Å². The number of ketones is 1. The number of hydrogen-bond donors (Lipinski definition) is 0. The van der Waals surface area contributed by atoms with E-state index in [0.717, 1.165) is 17.0 Å². The molecule has 1 aromatic carbocycles. The Morgan fingerprint density at radius 2 is 1.94 bits per heavy atom. The van der Waals surface area contributed by atoms with Crippen molar-refractivity contribution in [1.82, 2.24) is 0 Å². The molecule has 0 N–H and O–H groups in total. The Kier molecular flexibility index (Phi) is 2.73. The molecule has 0 fully saturated rings. The van der Waals surface area contributed by atoms with Gasteiger partial charge < -0.3 is 4.90 Å². The van der Waals surface area contributed by atoms with E-state index in [1.165, 1.54) is 6.08 Å². The van der Waals surface area contributed by atoms with E-state index in [2.05, 4.69) is 6.58 Å². The first-order valence-electron chi connectivity index (χ1n) is 5.04. The molecule has 0 atom stereocenters. The van der Waals surface area contributed by atoms with Crippen LogP contribution in [0, 0.1) is 0 Å². The van der Waals surface area contributed by atoms with Crippen molar-refractivity contribution in [3.63, 3.8) is 0 Å². The second-order valence-corrected chi connectivity index (χ2v) is 3.76. The highest BCUT2D eigenvalue weighted by Gasteiger charge is 2.38. The number of hydrogen-bond acceptors (Lipinski definition) is 2. The van der Waals surface area contributed by atoms with Crippen molar-refractivity contribution in [2.45, 2.75) is 6.18 Å². The van der Waals surface area contributed by atoms with Crippen LogP contribution in [0.15, 0.2) is 30.9 Å². The number of Topliss-reactive ketones (excluding diaryl/α,β-unsaturated/α-hetero) is 1. The molecule has 3 nitrogen and oxygen atoms in total. The predicted molar refractivity (Wildman–Crippen MR) is 58.3 cm³/mol. The third kappa shape index (κ3) is 1.79. The van der Waals surface area contributed by atoms with Gasteiger partial charge in [-0.05, 0) is 18.2 Å². The minimum atomic E-state index is -4.54. The van der Waals surface area contributed by atoms with Crippen LogP contribution in [-0.2, 0) is 11.0 Å². The molecule has 0 aliphatic carbocycles. The SMILES string of the molecule is C=CCN1C(=O)C(=O)c2cc(C(F)(F)F)ccc21. The van der Waals surface area contributed by atoms with Crippen LogP contribution in [-0.4, -0.2) is 18.2 Å². The van der Waals surface area contributed by atoms with Crippen LogP contribution >= 0.6 is 0 Å². The molecule has 0 aromatic heterocycles. The summed E-state index contributed by atoms with van der Waals surface area (Å²) in [6.45, 7) is 3.51. The maximum atomic E-state index is 12.5. The first kappa shape index (κ1) is 12.3. The van der Waals surface area contributed by atoms with Crippen molar-refractivity contribution in [2.75, 3.05) is 11.4 Å². The third-order valence-electron chi connectivity index (χ3n) is 2.61. The molecular weight excluding hydrogens is 247 g/mol. The van der Waals surface area contributed by atoms with E-state index in [4.69, 9.17) is 0 Å². The van der Waals surface area contributed by atoms with Crippen molar-refractivity contribution < 1.29 is 22.8 Å². The van der Waals surface area contributed by atoms with Crippen LogP contribution in [0.1, 0.15) is 15.9 Å². The van der Waals surface area contributed by atoms with Crippen LogP contribution in [0.3, 0.4) is 0 Å². The lowest BCUT2D eigenvalue weighted by molar-refractivity contribution is -0.137. The summed E-state index contributed by atoms with van der Waals surface area (Å²) in [5.74, 6) is -1.75. The Hall–Kier alpha value is -2.11. The molecule has 0 saturated carbocycles. The number of carbonyl (C=O) groups is 2. The van der Waals surface area contributed by atoms with E-state index in [-0.39, 0.29) is 17.8 Å². The van der Waals surface area contributed by atoms with Gasteiger partial charge in [0.2, 0.25) is 0 Å². The molecule has 0 saturated heterocycles. The van der Waals surface area contributed by atoms with Crippen molar-refractivity contribution >= 4 is 17.4 Å². The second-order valence-electron chi connectivity index (χ2n) is 3.76. The molecule has 18 heavy (non-hydrogen) atoms. The lowest BCUT2D eigenvalue weighted by Gasteiger charge is -2.14. The number of fused-ring (bicyclic) bond motifs is 1. The van der Waals surface area contributed by atoms with Gasteiger partial charge in [-0.1, -0.05) is 6.08 Å². The Bertz CT molecular complexity index is 549. The summed E-state index contributed by atoms with van der Waals surface area (Å²) in [5, 5.41) is 0. The minimum Gasteiger partial charge on any atom is -0.301 e. The van der Waals surface area contributed by atoms with Crippen molar-refractivity contribution in [2.24, 2.45) is 0 Å². The molecule has 1 heterocycles. The molecule has 0 radical (unpaired) electrons. The standard InChI is InChI=1S/C12H8F3NO2/c1-2-5-16-9-4-3-7(12(13,14)15)6-8(9)10(17)11(16)18/h2-4,6H,1,5H2. The summed E-state index contributed by atoms with van der Waals surface area (Å²) < 4.78 is 37.5. The fourth-order valence-electron chi connectivity index (χ4n) is 1.79. The Labute approximate surface area is 101 Å². The fourth-order valence-corrected chi connectivity index (χ4v) is 1.79. The average Bonchev–Trinajstić information content (AvgIpc) is 2.54. The topological polar surface area (TPSA) is 37.4 Å². The highest BCUT2D eigenvalue weighted by atomic mass is 19.4. The number of benzene rings is 1. The highest BCUT2D eigenvalue weighted by Crippen LogP contribution is 2.35. The zero-order valence-electron chi connectivity index (χ0n) is 9.12. The largest absolute Gasteiger partial charge is 0.416 e. The monoisotopic (exact) mass is 255 g/mol. The second kappa shape index (κ2) is 3.97. The number of halogens is 3. The van der Waals surface area contributed by atoms with Gasteiger partial charge in [0.1, 0.15) is 0 Å². The Morgan fingerprint density at radius 1 is 1.28 bits per heavy atom. The van der Waals surface area contributed by atoms with Crippen LogP contribution < -0.4 is 4.90 Å². The van der Waals surface area contributed by atoms with E-state index < -0.39 is 23.4 Å². The summed E-state index contributed by atoms with van der Waals surface area (Å²) in [6, 6.07) is 2.68. The van der Waals surface area contributed by atoms with E-state index >= 15 is 0 Å². The average molecular weight is 255 g/mol. The number of amides is 1. The summed E-state index contributed by atoms with van der Waals surface area (Å²) >= 11 is 0. The van der Waals surface area contributed by atoms with Gasteiger partial charge in [0.05, 0.1) is 16.8 Å². The summed E-state index contributed by atoms with van der Waals surface area (Å²) in [6.07, 6.45) is -3.14. The molecule has 1 aliphatic rings. The quantitative estimate of drug-likeness (QED) is 0.601. The summed E-state index contributed by atoms with van der Waals surface area (Å²) in [7, 11) is 0. The molecule has 1 amide bonds. The molecule has 1 aromatic rings. The maximum absolute atomic E-state index is 12.5. The van der Waals surface area contributed by atoms with E-state index in [1.54, 1.807) is 0 Å². The lowest BCUT2D eigenvalue weighted by atomic mass is 10.1. The van der Waals surface area contributed by atoms with Crippen LogP contribution in [0.2, 0.25) is 0 Å². The van der Waals surface area contributed by atoms with Crippen molar-refractivity contribution in [3.8, 4) is 0 Å². The zero-order chi connectivity index (χ0) is 13.5. The Balaban J connectivity index is 2.53. The van der Waals surface area contributed by atoms with Gasteiger partial charge in [-0.25, -0.2) is 0 Å². The van der Waals surface area contributed by atoms with Crippen LogP contribution in [0.5, 0.6) is 0 Å². The molecule has 0 bridgehead atoms. The molecule has 94 valence electrons. The smallest absolute Gasteiger partial charge is 0.301 e. The van der Waals surface area contributed by atoms with E-state index in [1.807, 2.05) is 0 Å².